The van der Waals surface area contributed by atoms with Crippen molar-refractivity contribution in [2.75, 3.05) is 7.11 Å². The summed E-state index contributed by atoms with van der Waals surface area (Å²) in [5.74, 6) is -1.27. The van der Waals surface area contributed by atoms with Crippen LogP contribution in [0.4, 0.5) is 0 Å². The number of carbonyl (C=O) groups excluding carboxylic acids is 3. The molecule has 3 aromatic rings. The number of carbonyl (C=O) groups is 3. The van der Waals surface area contributed by atoms with Gasteiger partial charge in [0.2, 0.25) is 5.89 Å². The minimum absolute atomic E-state index is 0.00928. The van der Waals surface area contributed by atoms with Gasteiger partial charge in [0.05, 0.1) is 19.2 Å². The molecule has 0 aliphatic carbocycles. The fourth-order valence-corrected chi connectivity index (χ4v) is 5.00. The van der Waals surface area contributed by atoms with Crippen molar-refractivity contribution in [1.82, 2.24) is 25.6 Å². The van der Waals surface area contributed by atoms with Crippen LogP contribution in [0.5, 0.6) is 0 Å². The molecule has 3 aromatic heterocycles. The molecule has 0 aliphatic rings. The van der Waals surface area contributed by atoms with Crippen LogP contribution >= 0.6 is 22.7 Å². The van der Waals surface area contributed by atoms with Crippen molar-refractivity contribution >= 4 is 40.5 Å². The average Bonchev–Trinajstić information content (AvgIpc) is 3.60. The SMILES string of the molecule is COC(=O)c1coc([C@@H](NC(=O)c2csc([C@@H](NC(=O)c3csc([C@H](C)N)n3)C(C)C)n2)C(C)C)n1. The van der Waals surface area contributed by atoms with Crippen molar-refractivity contribution < 1.29 is 23.5 Å². The predicted octanol–water partition coefficient (Wildman–Crippen LogP) is 3.65. The maximum Gasteiger partial charge on any atom is 0.360 e. The lowest BCUT2D eigenvalue weighted by atomic mass is 10.0. The Bertz CT molecular complexity index is 1220. The average molecular weight is 535 g/mol. The van der Waals surface area contributed by atoms with Gasteiger partial charge in [-0.25, -0.2) is 19.7 Å². The summed E-state index contributed by atoms with van der Waals surface area (Å²) in [6, 6.07) is -1.26. The van der Waals surface area contributed by atoms with Crippen molar-refractivity contribution in [3.05, 3.63) is 50.0 Å². The molecule has 0 saturated carbocycles. The molecule has 3 heterocycles. The van der Waals surface area contributed by atoms with Gasteiger partial charge in [0.25, 0.3) is 11.8 Å². The van der Waals surface area contributed by atoms with Gasteiger partial charge in [0, 0.05) is 10.8 Å². The van der Waals surface area contributed by atoms with Crippen LogP contribution in [-0.2, 0) is 4.74 Å². The molecule has 0 aliphatic heterocycles. The number of hydrogen-bond acceptors (Lipinski definition) is 11. The Morgan fingerprint density at radius 1 is 0.861 bits per heavy atom. The number of esters is 1. The molecule has 194 valence electrons. The van der Waals surface area contributed by atoms with Crippen molar-refractivity contribution in [2.24, 2.45) is 17.6 Å². The molecule has 0 radical (unpaired) electrons. The summed E-state index contributed by atoms with van der Waals surface area (Å²) < 4.78 is 10.1. The van der Waals surface area contributed by atoms with Crippen LogP contribution in [0.2, 0.25) is 0 Å². The number of thiazole rings is 2. The third-order valence-corrected chi connectivity index (χ3v) is 7.23. The highest BCUT2D eigenvalue weighted by molar-refractivity contribution is 7.10. The fraction of sp³-hybridized carbons (Fsp3) is 0.478. The topological polar surface area (TPSA) is 162 Å². The van der Waals surface area contributed by atoms with E-state index in [1.54, 1.807) is 10.8 Å². The molecule has 4 N–H and O–H groups in total. The summed E-state index contributed by atoms with van der Waals surface area (Å²) >= 11 is 2.61. The largest absolute Gasteiger partial charge is 0.464 e. The molecule has 36 heavy (non-hydrogen) atoms. The first kappa shape index (κ1) is 27.4. The summed E-state index contributed by atoms with van der Waals surface area (Å²) in [7, 11) is 1.25. The molecule has 0 unspecified atom stereocenters. The van der Waals surface area contributed by atoms with E-state index in [1.165, 1.54) is 36.0 Å². The highest BCUT2D eigenvalue weighted by Gasteiger charge is 2.28. The van der Waals surface area contributed by atoms with E-state index in [9.17, 15) is 14.4 Å². The summed E-state index contributed by atoms with van der Waals surface area (Å²) in [5, 5.41) is 10.4. The van der Waals surface area contributed by atoms with Gasteiger partial charge < -0.3 is 25.5 Å². The van der Waals surface area contributed by atoms with Crippen LogP contribution < -0.4 is 16.4 Å². The molecule has 13 heteroatoms. The van der Waals surface area contributed by atoms with Gasteiger partial charge in [-0.1, -0.05) is 27.7 Å². The van der Waals surface area contributed by atoms with E-state index >= 15 is 0 Å². The van der Waals surface area contributed by atoms with E-state index in [4.69, 9.17) is 10.2 Å². The number of rotatable bonds is 10. The Hall–Kier alpha value is -3.16. The van der Waals surface area contributed by atoms with Gasteiger partial charge in [-0.05, 0) is 18.8 Å². The van der Waals surface area contributed by atoms with E-state index in [-0.39, 0.29) is 41.1 Å². The van der Waals surface area contributed by atoms with Gasteiger partial charge >= 0.3 is 5.97 Å². The Kier molecular flexibility index (Phi) is 8.93. The van der Waals surface area contributed by atoms with E-state index in [0.717, 1.165) is 0 Å². The maximum absolute atomic E-state index is 13.0. The lowest BCUT2D eigenvalue weighted by Crippen LogP contribution is -2.33. The second-order valence-corrected chi connectivity index (χ2v) is 10.7. The first-order valence-corrected chi connectivity index (χ1v) is 13.1. The lowest BCUT2D eigenvalue weighted by Gasteiger charge is -2.20. The summed E-state index contributed by atoms with van der Waals surface area (Å²) in [5.41, 5.74) is 6.37. The zero-order valence-corrected chi connectivity index (χ0v) is 22.5. The van der Waals surface area contributed by atoms with Crippen LogP contribution in [0.15, 0.2) is 21.4 Å². The predicted molar refractivity (Wildman–Crippen MR) is 135 cm³/mol. The third-order valence-electron chi connectivity index (χ3n) is 5.25. The summed E-state index contributed by atoms with van der Waals surface area (Å²) in [4.78, 5) is 50.5. The van der Waals surface area contributed by atoms with E-state index in [0.29, 0.717) is 15.7 Å². The number of nitrogens with one attached hydrogen (secondary N) is 2. The zero-order chi connectivity index (χ0) is 26.6. The van der Waals surface area contributed by atoms with E-state index in [2.05, 4.69) is 30.3 Å². The normalized spacial score (nSPS) is 13.9. The van der Waals surface area contributed by atoms with Crippen molar-refractivity contribution in [3.8, 4) is 0 Å². The van der Waals surface area contributed by atoms with Gasteiger partial charge in [-0.2, -0.15) is 0 Å². The Morgan fingerprint density at radius 3 is 1.89 bits per heavy atom. The maximum atomic E-state index is 13.0. The zero-order valence-electron chi connectivity index (χ0n) is 20.9. The molecule has 0 saturated heterocycles. The number of hydrogen-bond donors (Lipinski definition) is 3. The first-order chi connectivity index (χ1) is 17.0. The Morgan fingerprint density at radius 2 is 1.39 bits per heavy atom. The van der Waals surface area contributed by atoms with Crippen molar-refractivity contribution in [3.63, 3.8) is 0 Å². The molecule has 3 atom stereocenters. The first-order valence-electron chi connectivity index (χ1n) is 11.3. The van der Waals surface area contributed by atoms with Crippen LogP contribution in [0.3, 0.4) is 0 Å². The minimum Gasteiger partial charge on any atom is -0.464 e. The number of amides is 2. The van der Waals surface area contributed by atoms with Crippen molar-refractivity contribution in [1.29, 1.82) is 0 Å². The van der Waals surface area contributed by atoms with Crippen LogP contribution in [0, 0.1) is 11.8 Å². The van der Waals surface area contributed by atoms with Crippen LogP contribution in [0.1, 0.15) is 100 Å². The molecule has 3 rings (SSSR count). The highest BCUT2D eigenvalue weighted by atomic mass is 32.1. The molecule has 0 bridgehead atoms. The smallest absolute Gasteiger partial charge is 0.360 e. The number of oxazole rings is 1. The van der Waals surface area contributed by atoms with Gasteiger partial charge in [-0.3, -0.25) is 9.59 Å². The number of ether oxygens (including phenoxy) is 1. The molecule has 11 nitrogen and oxygen atoms in total. The van der Waals surface area contributed by atoms with Gasteiger partial charge in [-0.15, -0.1) is 22.7 Å². The van der Waals surface area contributed by atoms with Crippen LogP contribution in [-0.4, -0.2) is 39.8 Å². The highest BCUT2D eigenvalue weighted by Crippen LogP contribution is 2.27. The molecular weight excluding hydrogens is 504 g/mol. The summed E-state index contributed by atoms with van der Waals surface area (Å²) in [6.45, 7) is 9.50. The quantitative estimate of drug-likeness (QED) is 0.330. The van der Waals surface area contributed by atoms with E-state index in [1.807, 2.05) is 34.6 Å². The number of nitrogens with zero attached hydrogens (tertiary/aromatic N) is 3. The van der Waals surface area contributed by atoms with Crippen molar-refractivity contribution in [2.45, 2.75) is 52.7 Å². The minimum atomic E-state index is -0.629. The summed E-state index contributed by atoms with van der Waals surface area (Å²) in [6.07, 6.45) is 1.19. The standard InChI is InChI=1S/C23H30N6O5S2/c1-10(2)16(20-25-13(7-34-20)23(32)33-6)28-18(30)15-9-36-22(27-15)17(11(3)4)29-19(31)14-8-35-21(26-14)12(5)24/h7-12,16-17H,24H2,1-6H3,(H,28,30)(H,29,31)/t12-,16-,17-/m0/s1. The molecule has 0 aromatic carbocycles. The monoisotopic (exact) mass is 534 g/mol. The number of aromatic nitrogens is 3. The molecule has 0 fully saturated rings. The lowest BCUT2D eigenvalue weighted by molar-refractivity contribution is 0.0593. The third kappa shape index (κ3) is 6.33. The van der Waals surface area contributed by atoms with E-state index < -0.39 is 24.0 Å². The Labute approximate surface area is 216 Å². The second-order valence-electron chi connectivity index (χ2n) is 8.88. The molecular formula is C23H30N6O5S2. The van der Waals surface area contributed by atoms with Crippen LogP contribution in [0.25, 0.3) is 0 Å². The Balaban J connectivity index is 1.74. The molecule has 0 spiro atoms. The van der Waals surface area contributed by atoms with Gasteiger partial charge in [0.1, 0.15) is 33.7 Å². The second kappa shape index (κ2) is 11.7. The number of nitrogens with two attached hydrogens (primary N) is 1. The van der Waals surface area contributed by atoms with Gasteiger partial charge in [0.15, 0.2) is 5.69 Å². The fourth-order valence-electron chi connectivity index (χ4n) is 3.22. The molecule has 2 amide bonds. The number of methoxy groups -OCH3 is 1.